The van der Waals surface area contributed by atoms with Crippen LogP contribution < -0.4 is 0 Å². The number of benzene rings is 1. The molecule has 8 heteroatoms. The van der Waals surface area contributed by atoms with Crippen LogP contribution in [0.2, 0.25) is 5.02 Å². The number of hydrogen-bond donors (Lipinski definition) is 0. The molecule has 1 saturated heterocycles. The maximum absolute atomic E-state index is 6.31. The third-order valence-electron chi connectivity index (χ3n) is 4.38. The molecule has 0 radical (unpaired) electrons. The van der Waals surface area contributed by atoms with Crippen molar-refractivity contribution in [3.8, 4) is 5.69 Å². The highest BCUT2D eigenvalue weighted by atomic mass is 35.5. The molecule has 7 nitrogen and oxygen atoms in total. The summed E-state index contributed by atoms with van der Waals surface area (Å²) in [4.78, 5) is 8.72. The lowest BCUT2D eigenvalue weighted by atomic mass is 10.1. The summed E-state index contributed by atoms with van der Waals surface area (Å²) in [6, 6.07) is 5.81. The number of hydrogen-bond acceptors (Lipinski definition) is 5. The van der Waals surface area contributed by atoms with Crippen LogP contribution in [-0.4, -0.2) is 36.1 Å². The Morgan fingerprint density at radius 2 is 2.24 bits per heavy atom. The minimum atomic E-state index is -0.0517. The molecule has 4 rings (SSSR count). The molecule has 2 aromatic heterocycles. The molecule has 0 N–H and O–H groups in total. The molecule has 0 spiro atoms. The van der Waals surface area contributed by atoms with Crippen LogP contribution in [0.25, 0.3) is 5.69 Å². The maximum atomic E-state index is 6.31. The van der Waals surface area contributed by atoms with Gasteiger partial charge in [-0.05, 0) is 43.9 Å². The number of halogens is 1. The van der Waals surface area contributed by atoms with Crippen molar-refractivity contribution in [2.45, 2.75) is 38.8 Å². The molecule has 3 heterocycles. The molecule has 3 aromatic rings. The Kier molecular flexibility index (Phi) is 4.50. The van der Waals surface area contributed by atoms with Gasteiger partial charge in [0, 0.05) is 11.6 Å². The average molecular weight is 359 g/mol. The minimum Gasteiger partial charge on any atom is -0.370 e. The second-order valence-electron chi connectivity index (χ2n) is 6.13. The van der Waals surface area contributed by atoms with E-state index < -0.39 is 0 Å². The maximum Gasteiger partial charge on any atom is 0.172 e. The summed E-state index contributed by atoms with van der Waals surface area (Å²) in [5, 5.41) is 9.55. The lowest BCUT2D eigenvalue weighted by molar-refractivity contribution is 0.00816. The van der Waals surface area contributed by atoms with Crippen LogP contribution in [0.1, 0.15) is 42.6 Å². The van der Waals surface area contributed by atoms with E-state index in [1.807, 2.05) is 29.8 Å². The first-order chi connectivity index (χ1) is 12.2. The van der Waals surface area contributed by atoms with Crippen LogP contribution in [0.5, 0.6) is 0 Å². The van der Waals surface area contributed by atoms with Crippen molar-refractivity contribution in [2.75, 3.05) is 6.61 Å². The summed E-state index contributed by atoms with van der Waals surface area (Å²) in [5.41, 5.74) is 1.90. The molecule has 1 fully saturated rings. The summed E-state index contributed by atoms with van der Waals surface area (Å²) in [6.07, 6.45) is 6.27. The Morgan fingerprint density at radius 1 is 1.32 bits per heavy atom. The molecule has 130 valence electrons. The summed E-state index contributed by atoms with van der Waals surface area (Å²) < 4.78 is 9.52. The number of aromatic nitrogens is 6. The summed E-state index contributed by atoms with van der Waals surface area (Å²) in [6.45, 7) is 3.21. The fourth-order valence-corrected chi connectivity index (χ4v) is 3.22. The van der Waals surface area contributed by atoms with Gasteiger partial charge in [-0.2, -0.15) is 5.10 Å². The van der Waals surface area contributed by atoms with E-state index in [4.69, 9.17) is 26.4 Å². The Balaban J connectivity index is 1.77. The van der Waals surface area contributed by atoms with Crippen molar-refractivity contribution >= 4 is 11.6 Å². The van der Waals surface area contributed by atoms with Crippen molar-refractivity contribution in [1.82, 2.24) is 29.5 Å². The molecule has 0 unspecified atom stereocenters. The lowest BCUT2D eigenvalue weighted by Gasteiger charge is -2.22. The third-order valence-corrected chi connectivity index (χ3v) is 4.79. The van der Waals surface area contributed by atoms with E-state index in [1.54, 1.807) is 11.0 Å². The molecule has 1 atom stereocenters. The fraction of sp³-hybridized carbons (Fsp3) is 0.412. The van der Waals surface area contributed by atoms with Crippen LogP contribution in [-0.2, 0) is 11.3 Å². The van der Waals surface area contributed by atoms with E-state index in [0.29, 0.717) is 17.4 Å². The minimum absolute atomic E-state index is 0.0517. The summed E-state index contributed by atoms with van der Waals surface area (Å²) in [5.74, 6) is 1.49. The highest BCUT2D eigenvalue weighted by molar-refractivity contribution is 6.31. The molecule has 25 heavy (non-hydrogen) atoms. The first kappa shape index (κ1) is 16.2. The second-order valence-corrected chi connectivity index (χ2v) is 6.54. The van der Waals surface area contributed by atoms with E-state index in [1.165, 1.54) is 6.33 Å². The fourth-order valence-electron chi connectivity index (χ4n) is 3.05. The standard InChI is InChI=1S/C17H19ClN6O/c1-12-13(18)5-4-6-14(12)24-17(15-7-2-3-8-25-15)21-16(22-24)9-23-11-19-10-20-23/h4-6,10-11,15H,2-3,7-9H2,1H3/t15-/m1/s1. The SMILES string of the molecule is Cc1c(Cl)cccc1-n1nc(Cn2cncn2)nc1[C@H]1CCCCO1. The highest BCUT2D eigenvalue weighted by Gasteiger charge is 2.25. The number of rotatable bonds is 4. The highest BCUT2D eigenvalue weighted by Crippen LogP contribution is 2.30. The van der Waals surface area contributed by atoms with E-state index >= 15 is 0 Å². The van der Waals surface area contributed by atoms with E-state index in [0.717, 1.165) is 42.9 Å². The molecule has 0 amide bonds. The molecule has 0 bridgehead atoms. The zero-order valence-corrected chi connectivity index (χ0v) is 14.7. The lowest BCUT2D eigenvalue weighted by Crippen LogP contribution is -2.17. The van der Waals surface area contributed by atoms with E-state index in [-0.39, 0.29) is 6.10 Å². The van der Waals surface area contributed by atoms with Gasteiger partial charge in [-0.3, -0.25) is 0 Å². The van der Waals surface area contributed by atoms with Crippen LogP contribution in [0.3, 0.4) is 0 Å². The zero-order valence-electron chi connectivity index (χ0n) is 14.0. The van der Waals surface area contributed by atoms with Gasteiger partial charge in [-0.15, -0.1) is 5.10 Å². The van der Waals surface area contributed by atoms with Crippen molar-refractivity contribution in [2.24, 2.45) is 0 Å². The van der Waals surface area contributed by atoms with Crippen LogP contribution in [0, 0.1) is 6.92 Å². The Hall–Kier alpha value is -2.25. The van der Waals surface area contributed by atoms with Gasteiger partial charge in [0.15, 0.2) is 11.6 Å². The molecule has 1 aliphatic heterocycles. The van der Waals surface area contributed by atoms with E-state index in [2.05, 4.69) is 10.1 Å². The molecular formula is C17H19ClN6O. The number of ether oxygens (including phenoxy) is 1. The van der Waals surface area contributed by atoms with Gasteiger partial charge < -0.3 is 4.74 Å². The smallest absolute Gasteiger partial charge is 0.172 e. The Bertz CT molecular complexity index is 854. The van der Waals surface area contributed by atoms with E-state index in [9.17, 15) is 0 Å². The van der Waals surface area contributed by atoms with Gasteiger partial charge in [-0.25, -0.2) is 19.3 Å². The second kappa shape index (κ2) is 6.93. The van der Waals surface area contributed by atoms with Gasteiger partial charge in [0.1, 0.15) is 25.3 Å². The van der Waals surface area contributed by atoms with Crippen molar-refractivity contribution in [3.63, 3.8) is 0 Å². The monoisotopic (exact) mass is 358 g/mol. The summed E-state index contributed by atoms with van der Waals surface area (Å²) in [7, 11) is 0. The first-order valence-corrected chi connectivity index (χ1v) is 8.75. The molecule has 0 aliphatic carbocycles. The Morgan fingerprint density at radius 3 is 3.00 bits per heavy atom. The van der Waals surface area contributed by atoms with Gasteiger partial charge in [0.25, 0.3) is 0 Å². The largest absolute Gasteiger partial charge is 0.370 e. The predicted molar refractivity (Wildman–Crippen MR) is 92.8 cm³/mol. The molecule has 0 saturated carbocycles. The number of nitrogens with zero attached hydrogens (tertiary/aromatic N) is 6. The van der Waals surface area contributed by atoms with Crippen molar-refractivity contribution in [1.29, 1.82) is 0 Å². The zero-order chi connectivity index (χ0) is 17.2. The topological polar surface area (TPSA) is 70.7 Å². The Labute approximate surface area is 150 Å². The first-order valence-electron chi connectivity index (χ1n) is 8.37. The van der Waals surface area contributed by atoms with Gasteiger partial charge in [0.05, 0.1) is 5.69 Å². The summed E-state index contributed by atoms with van der Waals surface area (Å²) >= 11 is 6.31. The van der Waals surface area contributed by atoms with Crippen molar-refractivity contribution < 1.29 is 4.74 Å². The molecule has 1 aliphatic rings. The van der Waals surface area contributed by atoms with Crippen molar-refractivity contribution in [3.05, 3.63) is 53.1 Å². The normalized spacial score (nSPS) is 17.8. The van der Waals surface area contributed by atoms with Crippen LogP contribution in [0.4, 0.5) is 0 Å². The quantitative estimate of drug-likeness (QED) is 0.716. The average Bonchev–Trinajstić information content (AvgIpc) is 3.28. The van der Waals surface area contributed by atoms with Gasteiger partial charge in [0.2, 0.25) is 0 Å². The molecular weight excluding hydrogens is 340 g/mol. The van der Waals surface area contributed by atoms with Gasteiger partial charge in [-0.1, -0.05) is 17.7 Å². The van der Waals surface area contributed by atoms with Crippen LogP contribution in [0.15, 0.2) is 30.9 Å². The van der Waals surface area contributed by atoms with Crippen LogP contribution >= 0.6 is 11.6 Å². The molecule has 1 aromatic carbocycles. The van der Waals surface area contributed by atoms with Gasteiger partial charge >= 0.3 is 0 Å². The predicted octanol–water partition coefficient (Wildman–Crippen LogP) is 3.11. The third kappa shape index (κ3) is 3.29.